The van der Waals surface area contributed by atoms with Crippen LogP contribution in [0, 0.1) is 0 Å². The minimum Gasteiger partial charge on any atom is -0.423 e. The first-order chi connectivity index (χ1) is 11.1. The van der Waals surface area contributed by atoms with Gasteiger partial charge in [-0.2, -0.15) is 0 Å². The van der Waals surface area contributed by atoms with Crippen LogP contribution in [0.5, 0.6) is 5.75 Å². The van der Waals surface area contributed by atoms with Crippen LogP contribution in [-0.2, 0) is 0 Å². The van der Waals surface area contributed by atoms with E-state index in [0.717, 1.165) is 11.1 Å². The maximum Gasteiger partial charge on any atom is 0.343 e. The molecule has 0 radical (unpaired) electrons. The zero-order valence-corrected chi connectivity index (χ0v) is 12.4. The number of nitrogen functional groups attached to an aromatic ring is 2. The summed E-state index contributed by atoms with van der Waals surface area (Å²) >= 11 is 0. The van der Waals surface area contributed by atoms with Crippen LogP contribution in [0.2, 0.25) is 0 Å². The molecule has 0 spiro atoms. The molecule has 0 atom stereocenters. The Morgan fingerprint density at radius 3 is 2.00 bits per heavy atom. The number of carbonyl (C=O) groups is 1. The van der Waals surface area contributed by atoms with Crippen molar-refractivity contribution in [1.29, 1.82) is 0 Å². The fourth-order valence-electron chi connectivity index (χ4n) is 2.20. The Morgan fingerprint density at radius 2 is 1.35 bits per heavy atom. The number of nitrogens with two attached hydrogens (primary N) is 2. The standard InChI is InChI=1S/C19H16N2O2/c20-16-8-4-13(5-9-16)15-2-1-3-18(12-15)23-19(22)14-6-10-17(21)11-7-14/h1-12H,20-21H2. The lowest BCUT2D eigenvalue weighted by Crippen LogP contribution is -2.08. The van der Waals surface area contributed by atoms with Crippen molar-refractivity contribution >= 4 is 17.3 Å². The number of ether oxygens (including phenoxy) is 1. The second-order valence-corrected chi connectivity index (χ2v) is 5.16. The molecule has 0 heterocycles. The first kappa shape index (κ1) is 14.7. The van der Waals surface area contributed by atoms with Crippen LogP contribution >= 0.6 is 0 Å². The van der Waals surface area contributed by atoms with Gasteiger partial charge in [0.2, 0.25) is 0 Å². The van der Waals surface area contributed by atoms with E-state index in [2.05, 4.69) is 0 Å². The molecule has 3 aromatic carbocycles. The van der Waals surface area contributed by atoms with Crippen molar-refractivity contribution in [1.82, 2.24) is 0 Å². The Balaban J connectivity index is 1.81. The lowest BCUT2D eigenvalue weighted by atomic mass is 10.1. The van der Waals surface area contributed by atoms with Crippen molar-refractivity contribution in [3.63, 3.8) is 0 Å². The van der Waals surface area contributed by atoms with Gasteiger partial charge in [0.15, 0.2) is 0 Å². The molecule has 4 N–H and O–H groups in total. The molecule has 0 aliphatic rings. The zero-order valence-electron chi connectivity index (χ0n) is 12.4. The third kappa shape index (κ3) is 3.49. The molecule has 0 unspecified atom stereocenters. The summed E-state index contributed by atoms with van der Waals surface area (Å²) < 4.78 is 5.42. The molecular formula is C19H16N2O2. The van der Waals surface area contributed by atoms with Crippen LogP contribution in [-0.4, -0.2) is 5.97 Å². The van der Waals surface area contributed by atoms with Crippen LogP contribution in [0.4, 0.5) is 11.4 Å². The van der Waals surface area contributed by atoms with Crippen molar-refractivity contribution in [2.24, 2.45) is 0 Å². The second-order valence-electron chi connectivity index (χ2n) is 5.16. The van der Waals surface area contributed by atoms with Gasteiger partial charge in [-0.05, 0) is 59.7 Å². The summed E-state index contributed by atoms with van der Waals surface area (Å²) in [5, 5.41) is 0. The predicted molar refractivity (Wildman–Crippen MR) is 92.1 cm³/mol. The molecule has 4 heteroatoms. The number of carbonyl (C=O) groups excluding carboxylic acids is 1. The third-order valence-electron chi connectivity index (χ3n) is 3.43. The van der Waals surface area contributed by atoms with Crippen LogP contribution in [0.3, 0.4) is 0 Å². The fraction of sp³-hybridized carbons (Fsp3) is 0. The summed E-state index contributed by atoms with van der Waals surface area (Å²) in [6.45, 7) is 0. The van der Waals surface area contributed by atoms with E-state index < -0.39 is 5.97 Å². The smallest absolute Gasteiger partial charge is 0.343 e. The topological polar surface area (TPSA) is 78.3 Å². The summed E-state index contributed by atoms with van der Waals surface area (Å²) in [4.78, 5) is 12.1. The van der Waals surface area contributed by atoms with Gasteiger partial charge in [-0.25, -0.2) is 4.79 Å². The van der Waals surface area contributed by atoms with E-state index in [4.69, 9.17) is 16.2 Å². The lowest BCUT2D eigenvalue weighted by molar-refractivity contribution is 0.0735. The Morgan fingerprint density at radius 1 is 0.739 bits per heavy atom. The summed E-state index contributed by atoms with van der Waals surface area (Å²) in [6.07, 6.45) is 0. The lowest BCUT2D eigenvalue weighted by Gasteiger charge is -2.07. The molecule has 3 rings (SSSR count). The van der Waals surface area contributed by atoms with Crippen LogP contribution < -0.4 is 16.2 Å². The first-order valence-electron chi connectivity index (χ1n) is 7.15. The molecule has 0 saturated carbocycles. The zero-order chi connectivity index (χ0) is 16.2. The van der Waals surface area contributed by atoms with Crippen LogP contribution in [0.1, 0.15) is 10.4 Å². The average Bonchev–Trinajstić information content (AvgIpc) is 2.56. The van der Waals surface area contributed by atoms with E-state index in [9.17, 15) is 4.79 Å². The number of anilines is 2. The van der Waals surface area contributed by atoms with Crippen LogP contribution in [0.25, 0.3) is 11.1 Å². The molecule has 3 aromatic rings. The summed E-state index contributed by atoms with van der Waals surface area (Å²) in [5.41, 5.74) is 15.0. The molecule has 23 heavy (non-hydrogen) atoms. The minimum absolute atomic E-state index is 0.417. The SMILES string of the molecule is Nc1ccc(C(=O)Oc2cccc(-c3ccc(N)cc3)c2)cc1. The van der Waals surface area contributed by atoms with E-state index in [0.29, 0.717) is 22.7 Å². The van der Waals surface area contributed by atoms with Gasteiger partial charge in [0.25, 0.3) is 0 Å². The van der Waals surface area contributed by atoms with Crippen molar-refractivity contribution in [2.45, 2.75) is 0 Å². The van der Waals surface area contributed by atoms with Gasteiger partial charge in [-0.15, -0.1) is 0 Å². The highest BCUT2D eigenvalue weighted by Gasteiger charge is 2.09. The van der Waals surface area contributed by atoms with E-state index in [1.807, 2.05) is 42.5 Å². The van der Waals surface area contributed by atoms with Gasteiger partial charge in [-0.1, -0.05) is 24.3 Å². The molecule has 0 saturated heterocycles. The van der Waals surface area contributed by atoms with Gasteiger partial charge < -0.3 is 16.2 Å². The molecule has 4 nitrogen and oxygen atoms in total. The first-order valence-corrected chi connectivity index (χ1v) is 7.15. The summed E-state index contributed by atoms with van der Waals surface area (Å²) in [5.74, 6) is 0.0700. The quantitative estimate of drug-likeness (QED) is 0.439. The van der Waals surface area contributed by atoms with Crippen molar-refractivity contribution in [2.75, 3.05) is 11.5 Å². The van der Waals surface area contributed by atoms with Gasteiger partial charge in [-0.3, -0.25) is 0 Å². The molecular weight excluding hydrogens is 288 g/mol. The molecule has 114 valence electrons. The second kappa shape index (κ2) is 6.23. The highest BCUT2D eigenvalue weighted by Crippen LogP contribution is 2.25. The number of esters is 1. The van der Waals surface area contributed by atoms with Gasteiger partial charge in [0, 0.05) is 11.4 Å². The monoisotopic (exact) mass is 304 g/mol. The maximum absolute atomic E-state index is 12.1. The van der Waals surface area contributed by atoms with E-state index in [-0.39, 0.29) is 0 Å². The van der Waals surface area contributed by atoms with Crippen molar-refractivity contribution in [3.05, 3.63) is 78.4 Å². The largest absolute Gasteiger partial charge is 0.423 e. The number of benzene rings is 3. The highest BCUT2D eigenvalue weighted by atomic mass is 16.5. The Bertz CT molecular complexity index is 825. The normalized spacial score (nSPS) is 10.3. The summed E-state index contributed by atoms with van der Waals surface area (Å²) in [7, 11) is 0. The number of hydrogen-bond acceptors (Lipinski definition) is 4. The Labute approximate surface area is 134 Å². The molecule has 0 fully saturated rings. The van der Waals surface area contributed by atoms with Crippen LogP contribution in [0.15, 0.2) is 72.8 Å². The van der Waals surface area contributed by atoms with Gasteiger partial charge >= 0.3 is 5.97 Å². The maximum atomic E-state index is 12.1. The molecule has 0 aliphatic heterocycles. The van der Waals surface area contributed by atoms with E-state index in [1.165, 1.54) is 0 Å². The minimum atomic E-state index is -0.417. The van der Waals surface area contributed by atoms with E-state index >= 15 is 0 Å². The third-order valence-corrected chi connectivity index (χ3v) is 3.43. The molecule has 0 aliphatic carbocycles. The van der Waals surface area contributed by atoms with Gasteiger partial charge in [0.1, 0.15) is 5.75 Å². The summed E-state index contributed by atoms with van der Waals surface area (Å²) in [6, 6.07) is 21.5. The highest BCUT2D eigenvalue weighted by molar-refractivity contribution is 5.91. The predicted octanol–water partition coefficient (Wildman–Crippen LogP) is 3.74. The van der Waals surface area contributed by atoms with Crippen molar-refractivity contribution in [3.8, 4) is 16.9 Å². The fourth-order valence-corrected chi connectivity index (χ4v) is 2.20. The Kier molecular flexibility index (Phi) is 3.97. The number of rotatable bonds is 3. The van der Waals surface area contributed by atoms with Gasteiger partial charge in [0.05, 0.1) is 5.56 Å². The van der Waals surface area contributed by atoms with Crippen molar-refractivity contribution < 1.29 is 9.53 Å². The number of hydrogen-bond donors (Lipinski definition) is 2. The molecule has 0 amide bonds. The Hall–Kier alpha value is -3.27. The molecule has 0 aromatic heterocycles. The average molecular weight is 304 g/mol. The molecule has 0 bridgehead atoms. The van der Waals surface area contributed by atoms with E-state index in [1.54, 1.807) is 30.3 Å².